The zero-order valence-corrected chi connectivity index (χ0v) is 35.2. The van der Waals surface area contributed by atoms with E-state index in [1.54, 1.807) is 0 Å². The Hall–Kier alpha value is -6.99. The number of aromatic hydroxyl groups is 3. The molecule has 0 spiro atoms. The number of fused-ring (bicyclic) bond motifs is 1. The number of azo groups is 3. The Labute approximate surface area is 360 Å². The minimum absolute atomic E-state index is 0.0959. The molecule has 0 fully saturated rings. The average Bonchev–Trinajstić information content (AvgIpc) is 3.20. The molecule has 340 valence electrons. The summed E-state index contributed by atoms with van der Waals surface area (Å²) in [6.45, 7) is 0.655. The number of aliphatic hydroxyl groups is 2. The molecule has 1 heterocycles. The minimum Gasteiger partial charge on any atom is -0.507 e. The van der Waals surface area contributed by atoms with Gasteiger partial charge in [-0.15, -0.1) is 25.6 Å². The number of primary amides is 1. The number of pyridine rings is 1. The monoisotopic (exact) mass is 950 g/mol. The highest BCUT2D eigenvalue weighted by Gasteiger charge is 2.27. The Morgan fingerprint density at radius 2 is 1.25 bits per heavy atom. The number of carbonyl (C=O) groups excluding carboxylic acids is 1. The largest absolute Gasteiger partial charge is 0.507 e. The molecule has 1 amide bonds. The topological polar surface area (TPSA) is 422 Å². The van der Waals surface area contributed by atoms with Gasteiger partial charge in [0.15, 0.2) is 5.75 Å². The Bertz CT molecular complexity index is 3210. The summed E-state index contributed by atoms with van der Waals surface area (Å²) in [5.74, 6) is -4.51. The van der Waals surface area contributed by atoms with Gasteiger partial charge in [-0.25, -0.2) is 0 Å². The molecule has 64 heavy (non-hydrogen) atoms. The number of hydrogen-bond donors (Lipinski definition) is 9. The second kappa shape index (κ2) is 18.8. The van der Waals surface area contributed by atoms with Crippen molar-refractivity contribution in [2.45, 2.75) is 35.1 Å². The van der Waals surface area contributed by atoms with E-state index in [0.29, 0.717) is 18.2 Å². The van der Waals surface area contributed by atoms with Crippen LogP contribution in [0.2, 0.25) is 0 Å². The SMILES string of the molecule is CCn1c(O)c(N=Nc2ccc(N=Nc3cc(OCCO)c(N=Nc4c(S(=O)(=O)O)cc5cc(S(=O)(=O)O)cc(O)c5c4O)cc3OCCO)c(S(=O)(=O)O)c2)c(C)c(C(N)=O)c1=O. The van der Waals surface area contributed by atoms with Crippen molar-refractivity contribution < 1.29 is 78.7 Å². The number of benzene rings is 4. The highest BCUT2D eigenvalue weighted by atomic mass is 32.2. The maximum Gasteiger partial charge on any atom is 0.296 e. The highest BCUT2D eigenvalue weighted by Crippen LogP contribution is 2.47. The molecular weight excluding hydrogens is 917 g/mol. The van der Waals surface area contributed by atoms with Crippen LogP contribution >= 0.6 is 0 Å². The van der Waals surface area contributed by atoms with Crippen molar-refractivity contribution >= 4 is 81.2 Å². The maximum atomic E-state index is 12.6. The fourth-order valence-corrected chi connectivity index (χ4v) is 7.64. The Morgan fingerprint density at radius 1 is 0.703 bits per heavy atom. The van der Waals surface area contributed by atoms with Gasteiger partial charge in [0.1, 0.15) is 74.3 Å². The number of nitrogens with zero attached hydrogens (tertiary/aromatic N) is 7. The molecule has 0 aliphatic rings. The van der Waals surface area contributed by atoms with Gasteiger partial charge < -0.3 is 40.7 Å². The van der Waals surface area contributed by atoms with Crippen LogP contribution in [0.15, 0.2) is 98.7 Å². The lowest BCUT2D eigenvalue weighted by Crippen LogP contribution is -2.30. The molecule has 0 unspecified atom stereocenters. The van der Waals surface area contributed by atoms with E-state index in [2.05, 4.69) is 30.7 Å². The average molecular weight is 951 g/mol. The second-order valence-corrected chi connectivity index (χ2v) is 17.0. The summed E-state index contributed by atoms with van der Waals surface area (Å²) in [7, 11) is -15.4. The van der Waals surface area contributed by atoms with Crippen LogP contribution in [0.25, 0.3) is 10.8 Å². The summed E-state index contributed by atoms with van der Waals surface area (Å²) in [5, 5.41) is 73.4. The minimum atomic E-state index is -5.30. The molecule has 10 N–H and O–H groups in total. The van der Waals surface area contributed by atoms with Crippen LogP contribution < -0.4 is 20.8 Å². The van der Waals surface area contributed by atoms with E-state index in [-0.39, 0.29) is 46.4 Å². The van der Waals surface area contributed by atoms with Crippen molar-refractivity contribution in [3.8, 4) is 28.9 Å². The number of amides is 1. The van der Waals surface area contributed by atoms with Gasteiger partial charge in [-0.1, -0.05) is 0 Å². The Balaban J connectivity index is 1.63. The molecule has 0 aliphatic heterocycles. The molecule has 29 heteroatoms. The third kappa shape index (κ3) is 10.3. The van der Waals surface area contributed by atoms with Gasteiger partial charge in [0, 0.05) is 30.3 Å². The number of aromatic nitrogens is 1. The predicted molar refractivity (Wildman–Crippen MR) is 219 cm³/mol. The lowest BCUT2D eigenvalue weighted by molar-refractivity contribution is 0.0997. The molecule has 0 radical (unpaired) electrons. The molecule has 26 nitrogen and oxygen atoms in total. The lowest BCUT2D eigenvalue weighted by atomic mass is 10.1. The number of carbonyl (C=O) groups is 1. The van der Waals surface area contributed by atoms with Crippen LogP contribution in [0.1, 0.15) is 22.8 Å². The zero-order chi connectivity index (χ0) is 47.5. The van der Waals surface area contributed by atoms with Gasteiger partial charge in [0.25, 0.3) is 41.8 Å². The van der Waals surface area contributed by atoms with Crippen molar-refractivity contribution in [2.75, 3.05) is 26.4 Å². The summed E-state index contributed by atoms with van der Waals surface area (Å²) < 4.78 is 115. The second-order valence-electron chi connectivity index (χ2n) is 12.8. The van der Waals surface area contributed by atoms with Crippen molar-refractivity contribution in [3.05, 3.63) is 70.0 Å². The number of aliphatic hydroxyl groups excluding tert-OH is 2. The van der Waals surface area contributed by atoms with E-state index >= 15 is 0 Å². The molecule has 0 aliphatic carbocycles. The van der Waals surface area contributed by atoms with Gasteiger partial charge >= 0.3 is 0 Å². The van der Waals surface area contributed by atoms with Crippen LogP contribution in [-0.4, -0.2) is 101 Å². The summed E-state index contributed by atoms with van der Waals surface area (Å²) in [6, 6.07) is 6.91. The van der Waals surface area contributed by atoms with Crippen molar-refractivity contribution in [1.82, 2.24) is 4.57 Å². The van der Waals surface area contributed by atoms with E-state index in [9.17, 15) is 74.0 Å². The van der Waals surface area contributed by atoms with E-state index in [1.807, 2.05) is 0 Å². The smallest absolute Gasteiger partial charge is 0.296 e. The number of rotatable bonds is 17. The fourth-order valence-electron chi connectivity index (χ4n) is 5.80. The van der Waals surface area contributed by atoms with Crippen molar-refractivity contribution in [2.24, 2.45) is 36.4 Å². The highest BCUT2D eigenvalue weighted by molar-refractivity contribution is 7.86. The van der Waals surface area contributed by atoms with Crippen molar-refractivity contribution in [1.29, 1.82) is 0 Å². The molecule has 4 aromatic carbocycles. The van der Waals surface area contributed by atoms with Gasteiger partial charge in [-0.05, 0) is 49.6 Å². The van der Waals surface area contributed by atoms with E-state index in [0.717, 1.165) is 34.9 Å². The van der Waals surface area contributed by atoms with E-state index in [1.165, 1.54) is 13.8 Å². The van der Waals surface area contributed by atoms with Crippen molar-refractivity contribution in [3.63, 3.8) is 0 Å². The first-order valence-corrected chi connectivity index (χ1v) is 22.0. The summed E-state index contributed by atoms with van der Waals surface area (Å²) in [4.78, 5) is 21.7. The molecule has 1 aromatic heterocycles. The summed E-state index contributed by atoms with van der Waals surface area (Å²) in [6.07, 6.45) is 0. The third-order valence-electron chi connectivity index (χ3n) is 8.65. The first kappa shape index (κ1) is 48.0. The van der Waals surface area contributed by atoms with Crippen LogP contribution in [0, 0.1) is 6.92 Å². The lowest BCUT2D eigenvalue weighted by Gasteiger charge is -2.13. The predicted octanol–water partition coefficient (Wildman–Crippen LogP) is 4.27. The maximum absolute atomic E-state index is 12.6. The van der Waals surface area contributed by atoms with Gasteiger partial charge in [0.2, 0.25) is 5.88 Å². The standard InChI is InChI=1S/C35H34N8O18S3/c1-3-43-34(49)28(33(36)48)16(2)30(35(43)50)41-37-18-4-5-20(26(12-18)63(54,55)56)38-39-21-14-25(61-9-7-45)22(15-24(21)60-8-6-44)40-42-31-27(64(57,58)59)11-17-10-19(62(51,52)53)13-23(46)29(17)32(31)47/h4-5,10-15,44-47,50H,3,6-9H2,1-2H3,(H2,36,48)(H,51,52,53)(H,54,55,56)(H,57,58,59). The summed E-state index contributed by atoms with van der Waals surface area (Å²) in [5.41, 5.74) is 1.08. The number of nitrogens with two attached hydrogens (primary N) is 1. The molecule has 0 bridgehead atoms. The first-order valence-electron chi connectivity index (χ1n) is 17.7. The first-order chi connectivity index (χ1) is 29.9. The van der Waals surface area contributed by atoms with Gasteiger partial charge in [-0.2, -0.15) is 30.4 Å². The third-order valence-corrected chi connectivity index (χ3v) is 11.2. The Kier molecular flexibility index (Phi) is 14.1. The molecule has 0 saturated carbocycles. The fraction of sp³-hybridized carbons (Fsp3) is 0.200. The van der Waals surface area contributed by atoms with Crippen LogP contribution in [0.5, 0.6) is 28.9 Å². The van der Waals surface area contributed by atoms with E-state index < -0.39 is 128 Å². The van der Waals surface area contributed by atoms with Crippen LogP contribution in [0.3, 0.4) is 0 Å². The molecule has 0 atom stereocenters. The van der Waals surface area contributed by atoms with Crippen LogP contribution in [0.4, 0.5) is 34.1 Å². The van der Waals surface area contributed by atoms with Gasteiger partial charge in [0.05, 0.1) is 29.2 Å². The number of hydrogen-bond acceptors (Lipinski definition) is 21. The number of ether oxygens (including phenoxy) is 2. The molecule has 5 rings (SSSR count). The summed E-state index contributed by atoms with van der Waals surface area (Å²) >= 11 is 0. The van der Waals surface area contributed by atoms with Gasteiger partial charge in [-0.3, -0.25) is 27.8 Å². The molecular formula is C35H34N8O18S3. The van der Waals surface area contributed by atoms with E-state index in [4.69, 9.17) is 15.2 Å². The molecule has 0 saturated heterocycles. The normalized spacial score (nSPS) is 12.5. The molecule has 5 aromatic rings. The number of phenolic OH excluding ortho intramolecular Hbond substituents is 2. The quantitative estimate of drug-likeness (QED) is 0.0464. The van der Waals surface area contributed by atoms with Crippen LogP contribution in [-0.2, 0) is 36.9 Å². The zero-order valence-electron chi connectivity index (χ0n) is 32.7. The number of phenols is 2. The Morgan fingerprint density at radius 3 is 1.77 bits per heavy atom.